The molecule has 3 unspecified atom stereocenters. The highest BCUT2D eigenvalue weighted by Gasteiger charge is 2.34. The van der Waals surface area contributed by atoms with Gasteiger partial charge in [-0.15, -0.1) is 0 Å². The highest BCUT2D eigenvalue weighted by molar-refractivity contribution is 5.94. The van der Waals surface area contributed by atoms with Crippen molar-refractivity contribution in [2.75, 3.05) is 63.2 Å². The molecule has 3 aliphatic heterocycles. The molecule has 5 heterocycles. The molecule has 0 spiro atoms. The van der Waals surface area contributed by atoms with Crippen LogP contribution in [0.4, 0.5) is 11.5 Å². The summed E-state index contributed by atoms with van der Waals surface area (Å²) in [4.78, 5) is 31.0. The number of aromatic nitrogens is 4. The number of nitriles is 1. The van der Waals surface area contributed by atoms with Gasteiger partial charge in [0, 0.05) is 50.3 Å². The molecule has 46 heavy (non-hydrogen) atoms. The predicted molar refractivity (Wildman–Crippen MR) is 177 cm³/mol. The van der Waals surface area contributed by atoms with E-state index in [2.05, 4.69) is 46.4 Å². The summed E-state index contributed by atoms with van der Waals surface area (Å²) >= 11 is 0. The summed E-state index contributed by atoms with van der Waals surface area (Å²) in [7, 11) is 4.03. The molecule has 12 heteroatoms. The lowest BCUT2D eigenvalue weighted by Crippen LogP contribution is -2.55. The minimum atomic E-state index is -0.253. The average molecular weight is 628 g/mol. The van der Waals surface area contributed by atoms with Gasteiger partial charge < -0.3 is 29.1 Å². The van der Waals surface area contributed by atoms with Crippen molar-refractivity contribution in [3.63, 3.8) is 0 Å². The van der Waals surface area contributed by atoms with Crippen molar-refractivity contribution in [2.24, 2.45) is 0 Å². The van der Waals surface area contributed by atoms with E-state index in [9.17, 15) is 10.1 Å². The van der Waals surface area contributed by atoms with E-state index in [1.165, 1.54) is 17.3 Å². The first-order valence-corrected chi connectivity index (χ1v) is 16.4. The zero-order chi connectivity index (χ0) is 32.4. The van der Waals surface area contributed by atoms with E-state index in [-0.39, 0.29) is 30.7 Å². The second-order valence-corrected chi connectivity index (χ2v) is 12.9. The third kappa shape index (κ3) is 6.39. The molecule has 2 aromatic heterocycles. The molecule has 0 bridgehead atoms. The first-order chi connectivity index (χ1) is 22.3. The molecule has 3 aliphatic rings. The van der Waals surface area contributed by atoms with Crippen LogP contribution in [-0.2, 0) is 22.5 Å². The Morgan fingerprint density at radius 1 is 1.24 bits per heavy atom. The Morgan fingerprint density at radius 2 is 2.09 bits per heavy atom. The van der Waals surface area contributed by atoms with E-state index in [1.807, 2.05) is 31.9 Å². The number of carbonyl (C=O) groups excluding carboxylic acids is 1. The lowest BCUT2D eigenvalue weighted by atomic mass is 10.0. The predicted octanol–water partition coefficient (Wildman–Crippen LogP) is 3.84. The first kappa shape index (κ1) is 31.8. The molecule has 12 nitrogen and oxygen atoms in total. The fourth-order valence-corrected chi connectivity index (χ4v) is 7.14. The molecule has 3 aromatic rings. The van der Waals surface area contributed by atoms with Crippen LogP contribution in [0, 0.1) is 18.3 Å². The van der Waals surface area contributed by atoms with Gasteiger partial charge >= 0.3 is 6.01 Å². The van der Waals surface area contributed by atoms with Crippen LogP contribution in [0.1, 0.15) is 55.7 Å². The molecule has 2 fully saturated rings. The Morgan fingerprint density at radius 3 is 2.83 bits per heavy atom. The van der Waals surface area contributed by atoms with Crippen molar-refractivity contribution in [1.29, 1.82) is 5.26 Å². The smallest absolute Gasteiger partial charge is 0.318 e. The second-order valence-electron chi connectivity index (χ2n) is 12.9. The number of fused-ring (bicyclic) bond motifs is 2. The van der Waals surface area contributed by atoms with E-state index >= 15 is 0 Å². The fourth-order valence-electron chi connectivity index (χ4n) is 7.14. The number of benzene rings is 1. The second kappa shape index (κ2) is 13.6. The molecule has 1 amide bonds. The van der Waals surface area contributed by atoms with Gasteiger partial charge in [-0.3, -0.25) is 4.79 Å². The van der Waals surface area contributed by atoms with E-state index in [0.29, 0.717) is 32.2 Å². The number of carbonyl (C=O) groups is 1. The third-order valence-corrected chi connectivity index (χ3v) is 9.22. The molecular formula is C34H45N9O3. The molecule has 0 N–H and O–H groups in total. The molecule has 0 aliphatic carbocycles. The highest BCUT2D eigenvalue weighted by atomic mass is 16.5. The zero-order valence-electron chi connectivity index (χ0n) is 27.5. The maximum atomic E-state index is 12.6. The van der Waals surface area contributed by atoms with Crippen molar-refractivity contribution >= 4 is 28.3 Å². The van der Waals surface area contributed by atoms with Crippen molar-refractivity contribution in [3.05, 3.63) is 47.8 Å². The quantitative estimate of drug-likeness (QED) is 0.324. The summed E-state index contributed by atoms with van der Waals surface area (Å²) in [6, 6.07) is 6.70. The van der Waals surface area contributed by atoms with E-state index in [1.54, 1.807) is 4.90 Å². The Kier molecular flexibility index (Phi) is 9.42. The van der Waals surface area contributed by atoms with Crippen molar-refractivity contribution in [2.45, 2.75) is 70.9 Å². The summed E-state index contributed by atoms with van der Waals surface area (Å²) in [5.41, 5.74) is 5.47. The van der Waals surface area contributed by atoms with Crippen LogP contribution in [-0.4, -0.2) is 101 Å². The van der Waals surface area contributed by atoms with E-state index in [4.69, 9.17) is 24.5 Å². The van der Waals surface area contributed by atoms with Gasteiger partial charge in [0.25, 0.3) is 0 Å². The number of piperazine rings is 1. The van der Waals surface area contributed by atoms with Crippen LogP contribution < -0.4 is 14.5 Å². The molecular weight excluding hydrogens is 582 g/mol. The summed E-state index contributed by atoms with van der Waals surface area (Å²) in [6.45, 7) is 12.3. The van der Waals surface area contributed by atoms with E-state index < -0.39 is 0 Å². The van der Waals surface area contributed by atoms with Crippen LogP contribution >= 0.6 is 0 Å². The molecule has 244 valence electrons. The highest BCUT2D eigenvalue weighted by Crippen LogP contribution is 2.38. The Bertz CT molecular complexity index is 1620. The lowest BCUT2D eigenvalue weighted by molar-refractivity contribution is -0.128. The topological polar surface area (TPSA) is 116 Å². The third-order valence-electron chi connectivity index (χ3n) is 9.22. The van der Waals surface area contributed by atoms with Crippen molar-refractivity contribution < 1.29 is 14.3 Å². The number of rotatable bonds is 9. The zero-order valence-corrected chi connectivity index (χ0v) is 27.5. The number of aryl methyl sites for hydroxylation is 1. The maximum Gasteiger partial charge on any atom is 0.318 e. The van der Waals surface area contributed by atoms with Gasteiger partial charge in [-0.2, -0.15) is 20.3 Å². The van der Waals surface area contributed by atoms with Gasteiger partial charge in [0.1, 0.15) is 11.9 Å². The number of likely N-dealkylation sites (N-methyl/N-ethyl adjacent to an activating group) is 1. The Labute approximate surface area is 271 Å². The van der Waals surface area contributed by atoms with Gasteiger partial charge in [-0.05, 0) is 71.3 Å². The fraction of sp³-hybridized carbons (Fsp3) is 0.559. The van der Waals surface area contributed by atoms with Gasteiger partial charge in [0.2, 0.25) is 5.91 Å². The van der Waals surface area contributed by atoms with Crippen LogP contribution in [0.25, 0.3) is 10.9 Å². The normalized spacial score (nSPS) is 20.8. The van der Waals surface area contributed by atoms with Gasteiger partial charge in [-0.25, -0.2) is 4.68 Å². The van der Waals surface area contributed by atoms with Crippen LogP contribution in [0.2, 0.25) is 0 Å². The van der Waals surface area contributed by atoms with Crippen molar-refractivity contribution in [3.8, 4) is 12.1 Å². The number of amides is 1. The van der Waals surface area contributed by atoms with Crippen LogP contribution in [0.15, 0.2) is 31.0 Å². The molecule has 1 aromatic carbocycles. The molecule has 3 atom stereocenters. The van der Waals surface area contributed by atoms with Gasteiger partial charge in [0.15, 0.2) is 6.23 Å². The number of ether oxygens (including phenoxy) is 2. The minimum Gasteiger partial charge on any atom is -0.459 e. The largest absolute Gasteiger partial charge is 0.459 e. The number of nitrogens with zero attached hydrogens (tertiary/aromatic N) is 9. The molecule has 0 radical (unpaired) electrons. The number of hydrogen-bond donors (Lipinski definition) is 0. The molecule has 6 rings (SSSR count). The lowest BCUT2D eigenvalue weighted by Gasteiger charge is -2.42. The summed E-state index contributed by atoms with van der Waals surface area (Å²) in [5, 5.41) is 15.5. The molecule has 0 saturated carbocycles. The maximum absolute atomic E-state index is 12.6. The molecule has 2 saturated heterocycles. The monoisotopic (exact) mass is 627 g/mol. The van der Waals surface area contributed by atoms with Crippen molar-refractivity contribution in [1.82, 2.24) is 29.5 Å². The van der Waals surface area contributed by atoms with Crippen LogP contribution in [0.3, 0.4) is 0 Å². The number of anilines is 2. The SMILES string of the molecule is C=CC(=O)N1CCN(c2nc(OC(C)CN(C)C)nc3c2CCN(c2c(C)ccc4c2cnn4C2CCCCO2)C3)CC1CC#N. The summed E-state index contributed by atoms with van der Waals surface area (Å²) in [5.74, 6) is 0.687. The van der Waals surface area contributed by atoms with Gasteiger partial charge in [-0.1, -0.05) is 12.6 Å². The summed E-state index contributed by atoms with van der Waals surface area (Å²) in [6.07, 6.45) is 7.36. The average Bonchev–Trinajstić information content (AvgIpc) is 3.48. The first-order valence-electron chi connectivity index (χ1n) is 16.4. The Balaban J connectivity index is 1.35. The van der Waals surface area contributed by atoms with Crippen LogP contribution in [0.5, 0.6) is 6.01 Å². The minimum absolute atomic E-state index is 0.0323. The number of hydrogen-bond acceptors (Lipinski definition) is 10. The standard InChI is InChI=1S/C34H45N9O3/c1-6-30(44)42-17-16-41(21-25(42)12-14-35)33-26-13-15-40(22-28(26)37-34(38-33)46-24(3)20-39(4)5)32-23(2)10-11-29-27(32)19-36-43(29)31-9-7-8-18-45-31/h6,10-11,19,24-25,31H,1,7-9,12-13,15-18,20-22H2,2-5H3. The Hall–Kier alpha value is -4.21. The van der Waals surface area contributed by atoms with E-state index in [0.717, 1.165) is 73.4 Å². The van der Waals surface area contributed by atoms with Gasteiger partial charge in [0.05, 0.1) is 48.2 Å². The summed E-state index contributed by atoms with van der Waals surface area (Å²) < 4.78 is 14.4.